The van der Waals surface area contributed by atoms with E-state index in [0.29, 0.717) is 11.5 Å². The average Bonchev–Trinajstić information content (AvgIpc) is 2.75. The second-order valence-corrected chi connectivity index (χ2v) is 7.74. The molecule has 0 amide bonds. The fourth-order valence-corrected chi connectivity index (χ4v) is 3.99. The first kappa shape index (κ1) is 22.0. The lowest BCUT2D eigenvalue weighted by Crippen LogP contribution is -1.95. The van der Waals surface area contributed by atoms with Gasteiger partial charge in [0.1, 0.15) is 5.75 Å². The van der Waals surface area contributed by atoms with Gasteiger partial charge in [0.15, 0.2) is 11.5 Å². The van der Waals surface area contributed by atoms with Crippen LogP contribution in [-0.2, 0) is 5.75 Å². The predicted molar refractivity (Wildman–Crippen MR) is 117 cm³/mol. The van der Waals surface area contributed by atoms with Crippen molar-refractivity contribution in [2.24, 2.45) is 0 Å². The molecule has 2 aromatic carbocycles. The Kier molecular flexibility index (Phi) is 7.25. The number of thioether (sulfide) groups is 1. The van der Waals surface area contributed by atoms with Crippen LogP contribution < -0.4 is 14.2 Å². The molecule has 0 N–H and O–H groups in total. The number of pyridine rings is 1. The number of rotatable bonds is 8. The Bertz CT molecular complexity index is 1040. The van der Waals surface area contributed by atoms with Crippen LogP contribution in [-0.4, -0.2) is 24.1 Å². The zero-order valence-corrected chi connectivity index (χ0v) is 18.3. The molecule has 0 aliphatic carbocycles. The Labute approximate surface area is 187 Å². The van der Waals surface area contributed by atoms with Crippen molar-refractivity contribution in [1.29, 1.82) is 0 Å². The van der Waals surface area contributed by atoms with E-state index in [-0.39, 0.29) is 27.4 Å². The van der Waals surface area contributed by atoms with Crippen LogP contribution in [0.15, 0.2) is 53.6 Å². The highest BCUT2D eigenvalue weighted by Gasteiger charge is 2.18. The summed E-state index contributed by atoms with van der Waals surface area (Å²) in [5, 5.41) is 11.0. The number of ether oxygens (including phenoxy) is 3. The molecule has 0 saturated carbocycles. The summed E-state index contributed by atoms with van der Waals surface area (Å²) in [5.74, 6) is 2.38. The van der Waals surface area contributed by atoms with Gasteiger partial charge in [0.2, 0.25) is 5.88 Å². The van der Waals surface area contributed by atoms with Crippen LogP contribution in [0.2, 0.25) is 10.0 Å². The Balaban J connectivity index is 1.81. The molecule has 0 aliphatic heterocycles. The highest BCUT2D eigenvalue weighted by atomic mass is 35.5. The molecule has 3 rings (SSSR count). The molecular formula is C20H16Cl2N2O5S. The molecule has 0 radical (unpaired) electrons. The summed E-state index contributed by atoms with van der Waals surface area (Å²) >= 11 is 13.8. The highest BCUT2D eigenvalue weighted by Crippen LogP contribution is 2.41. The molecular weight excluding hydrogens is 451 g/mol. The first-order chi connectivity index (χ1) is 14.4. The summed E-state index contributed by atoms with van der Waals surface area (Å²) in [6.45, 7) is 0. The summed E-state index contributed by atoms with van der Waals surface area (Å²) in [7, 11) is 3.18. The minimum Gasteiger partial charge on any atom is -0.497 e. The van der Waals surface area contributed by atoms with Gasteiger partial charge in [-0.3, -0.25) is 10.1 Å². The molecule has 0 bridgehead atoms. The van der Waals surface area contributed by atoms with Crippen molar-refractivity contribution in [3.8, 4) is 23.1 Å². The largest absolute Gasteiger partial charge is 0.497 e. The van der Waals surface area contributed by atoms with E-state index in [4.69, 9.17) is 37.4 Å². The monoisotopic (exact) mass is 466 g/mol. The molecule has 10 heteroatoms. The number of nitrogens with zero attached hydrogens (tertiary/aromatic N) is 2. The van der Waals surface area contributed by atoms with E-state index >= 15 is 0 Å². The third kappa shape index (κ3) is 5.27. The van der Waals surface area contributed by atoms with Gasteiger partial charge in [-0.2, -0.15) is 0 Å². The van der Waals surface area contributed by atoms with Crippen molar-refractivity contribution in [1.82, 2.24) is 4.98 Å². The highest BCUT2D eigenvalue weighted by molar-refractivity contribution is 7.98. The molecule has 1 heterocycles. The lowest BCUT2D eigenvalue weighted by molar-refractivity contribution is -0.384. The number of methoxy groups -OCH3 is 2. The van der Waals surface area contributed by atoms with Crippen LogP contribution in [0.3, 0.4) is 0 Å². The molecule has 0 spiro atoms. The van der Waals surface area contributed by atoms with E-state index in [1.165, 1.54) is 30.1 Å². The van der Waals surface area contributed by atoms with Gasteiger partial charge in [-0.25, -0.2) is 4.98 Å². The maximum atomic E-state index is 10.9. The van der Waals surface area contributed by atoms with Gasteiger partial charge in [0.25, 0.3) is 5.69 Å². The van der Waals surface area contributed by atoms with E-state index in [1.54, 1.807) is 20.3 Å². The maximum absolute atomic E-state index is 10.9. The minimum atomic E-state index is -0.582. The van der Waals surface area contributed by atoms with Gasteiger partial charge < -0.3 is 14.2 Å². The normalized spacial score (nSPS) is 10.5. The number of benzene rings is 2. The van der Waals surface area contributed by atoms with E-state index in [9.17, 15) is 10.1 Å². The smallest absolute Gasteiger partial charge is 0.272 e. The first-order valence-electron chi connectivity index (χ1n) is 8.52. The van der Waals surface area contributed by atoms with Crippen molar-refractivity contribution in [3.63, 3.8) is 0 Å². The van der Waals surface area contributed by atoms with Crippen LogP contribution in [0.5, 0.6) is 23.1 Å². The third-order valence-electron chi connectivity index (χ3n) is 3.98. The lowest BCUT2D eigenvalue weighted by Gasteiger charge is -2.12. The molecule has 3 aromatic rings. The average molecular weight is 467 g/mol. The van der Waals surface area contributed by atoms with E-state index < -0.39 is 4.92 Å². The van der Waals surface area contributed by atoms with Crippen molar-refractivity contribution in [3.05, 3.63) is 74.4 Å². The Morgan fingerprint density at radius 2 is 1.73 bits per heavy atom. The molecule has 0 saturated heterocycles. The van der Waals surface area contributed by atoms with E-state index in [1.807, 2.05) is 24.3 Å². The van der Waals surface area contributed by atoms with Crippen LogP contribution in [0, 0.1) is 10.1 Å². The summed E-state index contributed by atoms with van der Waals surface area (Å²) in [5.41, 5.74) is 0.874. The molecule has 0 atom stereocenters. The van der Waals surface area contributed by atoms with Gasteiger partial charge in [0, 0.05) is 24.0 Å². The second-order valence-electron chi connectivity index (χ2n) is 5.91. The summed E-state index contributed by atoms with van der Waals surface area (Å²) < 4.78 is 16.3. The molecule has 7 nitrogen and oxygen atoms in total. The number of halogens is 2. The fourth-order valence-electron chi connectivity index (χ4n) is 2.47. The van der Waals surface area contributed by atoms with Crippen molar-refractivity contribution < 1.29 is 19.1 Å². The van der Waals surface area contributed by atoms with Gasteiger partial charge in [0.05, 0.1) is 40.3 Å². The van der Waals surface area contributed by atoms with Gasteiger partial charge in [-0.05, 0) is 17.7 Å². The van der Waals surface area contributed by atoms with Crippen LogP contribution in [0.1, 0.15) is 5.56 Å². The quantitative estimate of drug-likeness (QED) is 0.215. The van der Waals surface area contributed by atoms with E-state index in [0.717, 1.165) is 16.2 Å². The molecule has 0 aliphatic rings. The van der Waals surface area contributed by atoms with Gasteiger partial charge >= 0.3 is 0 Å². The molecule has 30 heavy (non-hydrogen) atoms. The fraction of sp³-hybridized carbons (Fsp3) is 0.150. The number of nitro groups is 1. The minimum absolute atomic E-state index is 0.0132. The Morgan fingerprint density at radius 1 is 1.07 bits per heavy atom. The topological polar surface area (TPSA) is 83.7 Å². The summed E-state index contributed by atoms with van der Waals surface area (Å²) in [6, 6.07) is 11.8. The molecule has 1 aromatic heterocycles. The Morgan fingerprint density at radius 3 is 2.30 bits per heavy atom. The number of hydrogen-bond acceptors (Lipinski definition) is 7. The Hall–Kier alpha value is -2.68. The van der Waals surface area contributed by atoms with Crippen molar-refractivity contribution in [2.45, 2.75) is 10.6 Å². The SMILES string of the molecule is COc1ccc(CSc2cc(Oc3c(Cl)cc([N+](=O)[O-])cc3Cl)ncc2OC)cc1. The van der Waals surface area contributed by atoms with Crippen LogP contribution in [0.25, 0.3) is 0 Å². The molecule has 0 fully saturated rings. The molecule has 156 valence electrons. The number of nitro benzene ring substituents is 1. The summed E-state index contributed by atoms with van der Waals surface area (Å²) in [6.07, 6.45) is 1.53. The third-order valence-corrected chi connectivity index (χ3v) is 5.65. The number of non-ortho nitro benzene ring substituents is 1. The first-order valence-corrected chi connectivity index (χ1v) is 10.3. The van der Waals surface area contributed by atoms with Crippen molar-refractivity contribution in [2.75, 3.05) is 14.2 Å². The predicted octanol–water partition coefficient (Wildman–Crippen LogP) is 6.40. The lowest BCUT2D eigenvalue weighted by atomic mass is 10.2. The standard InChI is InChI=1S/C20H16Cl2N2O5S/c1-27-14-5-3-12(4-6-14)11-30-18-9-19(23-10-17(18)28-2)29-20-15(21)7-13(24(25)26)8-16(20)22/h3-10H,11H2,1-2H3. The number of hydrogen-bond donors (Lipinski definition) is 0. The van der Waals surface area contributed by atoms with E-state index in [2.05, 4.69) is 4.98 Å². The zero-order valence-electron chi connectivity index (χ0n) is 15.9. The van der Waals surface area contributed by atoms with Crippen molar-refractivity contribution >= 4 is 40.7 Å². The van der Waals surface area contributed by atoms with Crippen LogP contribution >= 0.6 is 35.0 Å². The van der Waals surface area contributed by atoms with Gasteiger partial charge in [-0.1, -0.05) is 35.3 Å². The second kappa shape index (κ2) is 9.88. The molecule has 0 unspecified atom stereocenters. The maximum Gasteiger partial charge on any atom is 0.272 e. The number of aromatic nitrogens is 1. The zero-order chi connectivity index (χ0) is 21.7. The van der Waals surface area contributed by atoms with Gasteiger partial charge in [-0.15, -0.1) is 11.8 Å². The summed E-state index contributed by atoms with van der Waals surface area (Å²) in [4.78, 5) is 15.3. The van der Waals surface area contributed by atoms with Crippen LogP contribution in [0.4, 0.5) is 5.69 Å².